The predicted molar refractivity (Wildman–Crippen MR) is 76.5 cm³/mol. The van der Waals surface area contributed by atoms with Crippen LogP contribution in [0.15, 0.2) is 24.3 Å². The molecule has 1 aromatic rings. The molecule has 1 unspecified atom stereocenters. The zero-order chi connectivity index (χ0) is 15.0. The van der Waals surface area contributed by atoms with Crippen molar-refractivity contribution in [2.45, 2.75) is 26.4 Å². The minimum absolute atomic E-state index is 0.370. The van der Waals surface area contributed by atoms with Gasteiger partial charge in [-0.1, -0.05) is 12.1 Å². The summed E-state index contributed by atoms with van der Waals surface area (Å²) < 4.78 is 5.41. The third-order valence-electron chi connectivity index (χ3n) is 2.68. The molecule has 0 fully saturated rings. The van der Waals surface area contributed by atoms with Crippen molar-refractivity contribution in [1.82, 2.24) is 16.0 Å². The molecular weight excluding hydrogens is 258 g/mol. The van der Waals surface area contributed by atoms with E-state index in [2.05, 4.69) is 16.0 Å². The maximum Gasteiger partial charge on any atom is 0.321 e. The van der Waals surface area contributed by atoms with E-state index in [1.807, 2.05) is 31.2 Å². The SMILES string of the molecule is CCOc1cccc(CNC(C)C(=O)NC(=O)NC)c1. The van der Waals surface area contributed by atoms with Gasteiger partial charge in [-0.05, 0) is 31.5 Å². The van der Waals surface area contributed by atoms with E-state index >= 15 is 0 Å². The summed E-state index contributed by atoms with van der Waals surface area (Å²) in [7, 11) is 1.46. The fourth-order valence-corrected chi connectivity index (χ4v) is 1.56. The highest BCUT2D eigenvalue weighted by molar-refractivity contribution is 5.96. The fourth-order valence-electron chi connectivity index (χ4n) is 1.56. The molecule has 110 valence electrons. The summed E-state index contributed by atoms with van der Waals surface area (Å²) >= 11 is 0. The van der Waals surface area contributed by atoms with Crippen LogP contribution in [0.4, 0.5) is 4.79 Å². The van der Waals surface area contributed by atoms with Gasteiger partial charge in [0.2, 0.25) is 5.91 Å². The Morgan fingerprint density at radius 3 is 2.75 bits per heavy atom. The summed E-state index contributed by atoms with van der Waals surface area (Å²) in [6.07, 6.45) is 0. The van der Waals surface area contributed by atoms with Crippen molar-refractivity contribution in [3.05, 3.63) is 29.8 Å². The molecular formula is C14H21N3O3. The topological polar surface area (TPSA) is 79.5 Å². The van der Waals surface area contributed by atoms with Crippen LogP contribution in [0.25, 0.3) is 0 Å². The van der Waals surface area contributed by atoms with Crippen molar-refractivity contribution in [3.8, 4) is 5.75 Å². The lowest BCUT2D eigenvalue weighted by molar-refractivity contribution is -0.121. The van der Waals surface area contributed by atoms with Crippen LogP contribution >= 0.6 is 0 Å². The van der Waals surface area contributed by atoms with Gasteiger partial charge in [-0.25, -0.2) is 4.79 Å². The van der Waals surface area contributed by atoms with Gasteiger partial charge in [0.25, 0.3) is 0 Å². The van der Waals surface area contributed by atoms with Crippen molar-refractivity contribution in [2.75, 3.05) is 13.7 Å². The number of rotatable bonds is 6. The van der Waals surface area contributed by atoms with Crippen LogP contribution in [-0.2, 0) is 11.3 Å². The number of nitrogens with one attached hydrogen (secondary N) is 3. The van der Waals surface area contributed by atoms with Crippen LogP contribution in [0.1, 0.15) is 19.4 Å². The van der Waals surface area contributed by atoms with E-state index in [0.29, 0.717) is 13.2 Å². The molecule has 1 rings (SSSR count). The smallest absolute Gasteiger partial charge is 0.321 e. The number of imide groups is 1. The summed E-state index contributed by atoms with van der Waals surface area (Å²) in [6.45, 7) is 4.76. The predicted octanol–water partition coefficient (Wildman–Crippen LogP) is 1.02. The molecule has 0 heterocycles. The number of carbonyl (C=O) groups is 2. The molecule has 0 spiro atoms. The number of urea groups is 1. The molecule has 1 atom stereocenters. The number of ether oxygens (including phenoxy) is 1. The highest BCUT2D eigenvalue weighted by Gasteiger charge is 2.14. The molecule has 0 saturated heterocycles. The van der Waals surface area contributed by atoms with Crippen molar-refractivity contribution >= 4 is 11.9 Å². The van der Waals surface area contributed by atoms with Crippen LogP contribution in [0.3, 0.4) is 0 Å². The Kier molecular flexibility index (Phi) is 6.52. The minimum atomic E-state index is -0.512. The van der Waals surface area contributed by atoms with Gasteiger partial charge in [-0.2, -0.15) is 0 Å². The first-order valence-electron chi connectivity index (χ1n) is 6.54. The van der Waals surface area contributed by atoms with E-state index in [0.717, 1.165) is 11.3 Å². The summed E-state index contributed by atoms with van der Waals surface area (Å²) in [5, 5.41) is 7.60. The summed E-state index contributed by atoms with van der Waals surface area (Å²) in [5.74, 6) is 0.430. The van der Waals surface area contributed by atoms with Gasteiger partial charge in [0.15, 0.2) is 0 Å². The standard InChI is InChI=1S/C14H21N3O3/c1-4-20-12-7-5-6-11(8-12)9-16-10(2)13(18)17-14(19)15-3/h5-8,10,16H,4,9H2,1-3H3,(H2,15,17,18,19). The van der Waals surface area contributed by atoms with Gasteiger partial charge in [0.1, 0.15) is 5.75 Å². The molecule has 0 bridgehead atoms. The van der Waals surface area contributed by atoms with Crippen LogP contribution in [0.2, 0.25) is 0 Å². The number of hydrogen-bond acceptors (Lipinski definition) is 4. The molecule has 0 aliphatic heterocycles. The van der Waals surface area contributed by atoms with Crippen LogP contribution in [0.5, 0.6) is 5.75 Å². The van der Waals surface area contributed by atoms with E-state index in [4.69, 9.17) is 4.74 Å². The minimum Gasteiger partial charge on any atom is -0.494 e. The van der Waals surface area contributed by atoms with Gasteiger partial charge < -0.3 is 15.4 Å². The molecule has 20 heavy (non-hydrogen) atoms. The molecule has 6 heteroatoms. The molecule has 1 aromatic carbocycles. The highest BCUT2D eigenvalue weighted by atomic mass is 16.5. The maximum atomic E-state index is 11.6. The summed E-state index contributed by atoms with van der Waals surface area (Å²) in [5.41, 5.74) is 1.01. The largest absolute Gasteiger partial charge is 0.494 e. The first kappa shape index (κ1) is 16.0. The maximum absolute atomic E-state index is 11.6. The lowest BCUT2D eigenvalue weighted by Gasteiger charge is -2.13. The van der Waals surface area contributed by atoms with Gasteiger partial charge >= 0.3 is 6.03 Å². The normalized spacial score (nSPS) is 11.6. The second-order valence-corrected chi connectivity index (χ2v) is 4.25. The Morgan fingerprint density at radius 2 is 2.10 bits per heavy atom. The lowest BCUT2D eigenvalue weighted by Crippen LogP contribution is -2.47. The van der Waals surface area contributed by atoms with Gasteiger partial charge in [-0.15, -0.1) is 0 Å². The Balaban J connectivity index is 2.47. The molecule has 3 N–H and O–H groups in total. The number of benzene rings is 1. The Bertz CT molecular complexity index is 463. The molecule has 0 aliphatic carbocycles. The summed E-state index contributed by atoms with van der Waals surface area (Å²) in [4.78, 5) is 22.7. The first-order valence-corrected chi connectivity index (χ1v) is 6.54. The third-order valence-corrected chi connectivity index (χ3v) is 2.68. The van der Waals surface area contributed by atoms with Gasteiger partial charge in [0, 0.05) is 13.6 Å². The monoisotopic (exact) mass is 279 g/mol. The quantitative estimate of drug-likeness (QED) is 0.726. The average molecular weight is 279 g/mol. The van der Waals surface area contributed by atoms with E-state index in [9.17, 15) is 9.59 Å². The molecule has 0 saturated carbocycles. The second-order valence-electron chi connectivity index (χ2n) is 4.25. The van der Waals surface area contributed by atoms with E-state index in [1.54, 1.807) is 6.92 Å². The van der Waals surface area contributed by atoms with Crippen molar-refractivity contribution in [1.29, 1.82) is 0 Å². The van der Waals surface area contributed by atoms with Crippen molar-refractivity contribution < 1.29 is 14.3 Å². The second kappa shape index (κ2) is 8.16. The van der Waals surface area contributed by atoms with Crippen LogP contribution < -0.4 is 20.7 Å². The van der Waals surface area contributed by atoms with Crippen LogP contribution in [-0.4, -0.2) is 31.6 Å². The zero-order valence-corrected chi connectivity index (χ0v) is 12.0. The summed E-state index contributed by atoms with van der Waals surface area (Å²) in [6, 6.07) is 6.66. The Hall–Kier alpha value is -2.08. The van der Waals surface area contributed by atoms with E-state index in [1.165, 1.54) is 7.05 Å². The zero-order valence-electron chi connectivity index (χ0n) is 12.0. The molecule has 6 nitrogen and oxygen atoms in total. The third kappa shape index (κ3) is 5.27. The lowest BCUT2D eigenvalue weighted by atomic mass is 10.2. The van der Waals surface area contributed by atoms with Crippen molar-refractivity contribution in [3.63, 3.8) is 0 Å². The molecule has 0 radical (unpaired) electrons. The Morgan fingerprint density at radius 1 is 1.35 bits per heavy atom. The van der Waals surface area contributed by atoms with Gasteiger partial charge in [0.05, 0.1) is 12.6 Å². The number of amides is 3. The average Bonchev–Trinajstić information content (AvgIpc) is 2.45. The molecule has 0 aliphatic rings. The fraction of sp³-hybridized carbons (Fsp3) is 0.429. The highest BCUT2D eigenvalue weighted by Crippen LogP contribution is 2.13. The number of hydrogen-bond donors (Lipinski definition) is 3. The Labute approximate surface area is 118 Å². The first-order chi connectivity index (χ1) is 9.56. The number of carbonyl (C=O) groups excluding carboxylic acids is 2. The van der Waals surface area contributed by atoms with E-state index in [-0.39, 0.29) is 5.91 Å². The van der Waals surface area contributed by atoms with Gasteiger partial charge in [-0.3, -0.25) is 10.1 Å². The van der Waals surface area contributed by atoms with Crippen LogP contribution in [0, 0.1) is 0 Å². The van der Waals surface area contributed by atoms with Crippen molar-refractivity contribution in [2.24, 2.45) is 0 Å². The van der Waals surface area contributed by atoms with E-state index < -0.39 is 12.1 Å². The molecule has 0 aromatic heterocycles. The molecule has 3 amide bonds.